The minimum absolute atomic E-state index is 0.309. The van der Waals surface area contributed by atoms with Gasteiger partial charge in [-0.25, -0.2) is 4.79 Å². The van der Waals surface area contributed by atoms with Crippen LogP contribution in [0.15, 0.2) is 6.07 Å². The topological polar surface area (TPSA) is 55.8 Å². The van der Waals surface area contributed by atoms with Gasteiger partial charge in [0.2, 0.25) is 0 Å². The van der Waals surface area contributed by atoms with Gasteiger partial charge in [-0.3, -0.25) is 0 Å². The Kier molecular flexibility index (Phi) is 6.23. The number of rotatable bonds is 8. The van der Waals surface area contributed by atoms with Gasteiger partial charge in [0, 0.05) is 17.1 Å². The third kappa shape index (κ3) is 4.33. The van der Waals surface area contributed by atoms with Crippen LogP contribution in [0.1, 0.15) is 55.6 Å². The zero-order valence-corrected chi connectivity index (χ0v) is 13.7. The molecule has 0 spiro atoms. The van der Waals surface area contributed by atoms with Gasteiger partial charge < -0.3 is 14.4 Å². The van der Waals surface area contributed by atoms with E-state index in [2.05, 4.69) is 6.92 Å². The second-order valence-corrected chi connectivity index (χ2v) is 6.30. The maximum atomic E-state index is 11.1. The van der Waals surface area contributed by atoms with Crippen LogP contribution in [0.2, 0.25) is 0 Å². The first-order valence-corrected chi connectivity index (χ1v) is 7.81. The lowest BCUT2D eigenvalue weighted by Gasteiger charge is -2.28. The number of carbonyl (C=O) groups is 1. The predicted molar refractivity (Wildman–Crippen MR) is 83.1 cm³/mol. The average Bonchev–Trinajstić information content (AvgIpc) is 2.82. The van der Waals surface area contributed by atoms with Gasteiger partial charge in [-0.15, -0.1) is 11.3 Å². The van der Waals surface area contributed by atoms with Gasteiger partial charge in [0.1, 0.15) is 4.88 Å². The summed E-state index contributed by atoms with van der Waals surface area (Å²) >= 11 is 1.30. The van der Waals surface area contributed by atoms with Crippen LogP contribution >= 0.6 is 11.3 Å². The summed E-state index contributed by atoms with van der Waals surface area (Å²) in [7, 11) is -0.505. The number of hydrogen-bond donors (Lipinski definition) is 1. The molecular weight excluding hydrogens is 275 g/mol. The molecule has 0 unspecified atom stereocenters. The molecule has 0 saturated carbocycles. The summed E-state index contributed by atoms with van der Waals surface area (Å²) in [4.78, 5) is 12.5. The molecule has 20 heavy (non-hydrogen) atoms. The second kappa shape index (κ2) is 7.25. The molecule has 0 saturated heterocycles. The molecule has 0 aliphatic heterocycles. The monoisotopic (exact) mass is 298 g/mol. The summed E-state index contributed by atoms with van der Waals surface area (Å²) in [5.74, 6) is -0.902. The SMILES string of the molecule is CCOB(OC(C)(C)CC)c1cc(C(=O)O)sc1CC. The highest BCUT2D eigenvalue weighted by Crippen LogP contribution is 2.20. The lowest BCUT2D eigenvalue weighted by Crippen LogP contribution is -2.44. The molecule has 6 heteroatoms. The summed E-state index contributed by atoms with van der Waals surface area (Å²) < 4.78 is 11.7. The Morgan fingerprint density at radius 2 is 2.05 bits per heavy atom. The number of aryl methyl sites for hydroxylation is 1. The van der Waals surface area contributed by atoms with Crippen LogP contribution in [-0.2, 0) is 15.7 Å². The van der Waals surface area contributed by atoms with Crippen molar-refractivity contribution in [3.05, 3.63) is 15.8 Å². The van der Waals surface area contributed by atoms with Gasteiger partial charge in [0.25, 0.3) is 0 Å². The fourth-order valence-corrected chi connectivity index (χ4v) is 2.69. The largest absolute Gasteiger partial charge is 0.495 e. The minimum atomic E-state index is -0.902. The van der Waals surface area contributed by atoms with Crippen molar-refractivity contribution in [1.82, 2.24) is 0 Å². The lowest BCUT2D eigenvalue weighted by molar-refractivity contribution is 0.0701. The van der Waals surface area contributed by atoms with Crippen LogP contribution in [0.5, 0.6) is 0 Å². The first-order chi connectivity index (χ1) is 9.34. The van der Waals surface area contributed by atoms with Crippen molar-refractivity contribution in [2.45, 2.75) is 53.1 Å². The number of carboxylic acid groups (broad SMARTS) is 1. The normalized spacial score (nSPS) is 11.7. The zero-order chi connectivity index (χ0) is 15.3. The third-order valence-electron chi connectivity index (χ3n) is 3.22. The highest BCUT2D eigenvalue weighted by atomic mass is 32.1. The summed E-state index contributed by atoms with van der Waals surface area (Å²) in [6.07, 6.45) is 1.63. The molecule has 0 bridgehead atoms. The summed E-state index contributed by atoms with van der Waals surface area (Å²) in [6, 6.07) is 1.68. The van der Waals surface area contributed by atoms with E-state index in [0.29, 0.717) is 11.5 Å². The molecular formula is C14H23BO4S. The average molecular weight is 298 g/mol. The van der Waals surface area contributed by atoms with Crippen molar-refractivity contribution in [3.63, 3.8) is 0 Å². The van der Waals surface area contributed by atoms with Crippen LogP contribution in [-0.4, -0.2) is 30.4 Å². The second-order valence-electron chi connectivity index (χ2n) is 5.17. The Hall–Kier alpha value is -0.845. The molecule has 1 heterocycles. The van der Waals surface area contributed by atoms with Crippen molar-refractivity contribution in [2.75, 3.05) is 6.61 Å². The summed E-state index contributed by atoms with van der Waals surface area (Å²) in [5, 5.41) is 9.14. The van der Waals surface area contributed by atoms with Crippen molar-refractivity contribution >= 4 is 29.9 Å². The Bertz CT molecular complexity index is 456. The third-order valence-corrected chi connectivity index (χ3v) is 4.51. The Morgan fingerprint density at radius 3 is 2.50 bits per heavy atom. The summed E-state index contributed by atoms with van der Waals surface area (Å²) in [5.41, 5.74) is 0.536. The first kappa shape index (κ1) is 17.2. The van der Waals surface area contributed by atoms with E-state index >= 15 is 0 Å². The minimum Gasteiger partial charge on any atom is -0.477 e. The van der Waals surface area contributed by atoms with Crippen LogP contribution < -0.4 is 5.46 Å². The molecule has 112 valence electrons. The Labute approximate surface area is 125 Å². The van der Waals surface area contributed by atoms with Crippen molar-refractivity contribution < 1.29 is 19.2 Å². The molecule has 0 fully saturated rings. The van der Waals surface area contributed by atoms with E-state index in [1.165, 1.54) is 11.3 Å². The van der Waals surface area contributed by atoms with Gasteiger partial charge in [-0.1, -0.05) is 13.8 Å². The first-order valence-electron chi connectivity index (χ1n) is 6.99. The molecule has 1 N–H and O–H groups in total. The predicted octanol–water partition coefficient (Wildman–Crippen LogP) is 2.95. The molecule has 0 aliphatic rings. The van der Waals surface area contributed by atoms with E-state index in [-0.39, 0.29) is 5.60 Å². The molecule has 1 rings (SSSR count). The highest BCUT2D eigenvalue weighted by molar-refractivity contribution is 7.15. The maximum absolute atomic E-state index is 11.1. The van der Waals surface area contributed by atoms with Crippen LogP contribution in [0, 0.1) is 0 Å². The summed E-state index contributed by atoms with van der Waals surface area (Å²) in [6.45, 7) is 10.5. The van der Waals surface area contributed by atoms with Gasteiger partial charge in [-0.2, -0.15) is 0 Å². The van der Waals surface area contributed by atoms with Crippen molar-refractivity contribution in [1.29, 1.82) is 0 Å². The molecule has 4 nitrogen and oxygen atoms in total. The van der Waals surface area contributed by atoms with Crippen LogP contribution in [0.4, 0.5) is 0 Å². The molecule has 0 amide bonds. The number of aromatic carboxylic acids is 1. The van der Waals surface area contributed by atoms with Crippen molar-refractivity contribution in [2.24, 2.45) is 0 Å². The van der Waals surface area contributed by atoms with Gasteiger partial charge in [0.15, 0.2) is 0 Å². The van der Waals surface area contributed by atoms with E-state index in [4.69, 9.17) is 14.4 Å². The molecule has 1 aromatic rings. The van der Waals surface area contributed by atoms with Gasteiger partial charge in [-0.05, 0) is 45.1 Å². The van der Waals surface area contributed by atoms with Crippen LogP contribution in [0.3, 0.4) is 0 Å². The van der Waals surface area contributed by atoms with E-state index in [9.17, 15) is 4.79 Å². The quantitative estimate of drug-likeness (QED) is 0.750. The van der Waals surface area contributed by atoms with Crippen LogP contribution in [0.25, 0.3) is 0 Å². The number of thiophene rings is 1. The molecule has 0 atom stereocenters. The van der Waals surface area contributed by atoms with E-state index in [1.54, 1.807) is 6.07 Å². The van der Waals surface area contributed by atoms with Gasteiger partial charge in [0.05, 0.1) is 0 Å². The van der Waals surface area contributed by atoms with Crippen molar-refractivity contribution in [3.8, 4) is 0 Å². The Balaban J connectivity index is 3.10. The molecule has 1 aromatic heterocycles. The number of carboxylic acids is 1. The maximum Gasteiger partial charge on any atom is 0.495 e. The Morgan fingerprint density at radius 1 is 1.40 bits per heavy atom. The fraction of sp³-hybridized carbons (Fsp3) is 0.643. The van der Waals surface area contributed by atoms with Gasteiger partial charge >= 0.3 is 13.1 Å². The number of hydrogen-bond acceptors (Lipinski definition) is 4. The zero-order valence-electron chi connectivity index (χ0n) is 12.9. The highest BCUT2D eigenvalue weighted by Gasteiger charge is 2.32. The van der Waals surface area contributed by atoms with E-state index in [0.717, 1.165) is 23.2 Å². The van der Waals surface area contributed by atoms with E-state index in [1.807, 2.05) is 27.7 Å². The molecule has 0 aromatic carbocycles. The standard InChI is InChI=1S/C14H23BO4S/c1-6-11-10(9-12(20-11)13(16)17)15(18-8-3)19-14(4,5)7-2/h9H,6-8H2,1-5H3,(H,16,17). The molecule has 0 aliphatic carbocycles. The fourth-order valence-electron chi connectivity index (χ4n) is 1.74. The molecule has 0 radical (unpaired) electrons. The smallest absolute Gasteiger partial charge is 0.477 e. The lowest BCUT2D eigenvalue weighted by atomic mass is 9.77. The van der Waals surface area contributed by atoms with E-state index < -0.39 is 13.1 Å².